The van der Waals surface area contributed by atoms with Crippen LogP contribution in [0, 0.1) is 0 Å². The molecule has 2 aromatic rings. The standard InChI is InChI=1S/C14H13NO2S/c1-17-13(16)14(7-8-14)12-15-11(9-18-12)10-5-3-2-4-6-10/h2-6,9H,7-8H2,1H3. The van der Waals surface area contributed by atoms with Gasteiger partial charge in [-0.15, -0.1) is 11.3 Å². The van der Waals surface area contributed by atoms with Crippen molar-refractivity contribution < 1.29 is 9.53 Å². The van der Waals surface area contributed by atoms with Crippen LogP contribution in [0.15, 0.2) is 35.7 Å². The van der Waals surface area contributed by atoms with Gasteiger partial charge in [0.25, 0.3) is 0 Å². The molecule has 0 spiro atoms. The Labute approximate surface area is 109 Å². The van der Waals surface area contributed by atoms with Crippen LogP contribution in [0.25, 0.3) is 11.3 Å². The molecule has 0 radical (unpaired) electrons. The van der Waals surface area contributed by atoms with Crippen molar-refractivity contribution >= 4 is 17.3 Å². The number of carbonyl (C=O) groups excluding carboxylic acids is 1. The number of nitrogens with zero attached hydrogens (tertiary/aromatic N) is 1. The fraction of sp³-hybridized carbons (Fsp3) is 0.286. The number of benzene rings is 1. The molecular weight excluding hydrogens is 246 g/mol. The maximum atomic E-state index is 11.8. The van der Waals surface area contributed by atoms with E-state index in [1.807, 2.05) is 35.7 Å². The molecule has 0 atom stereocenters. The van der Waals surface area contributed by atoms with Gasteiger partial charge in [-0.1, -0.05) is 30.3 Å². The topological polar surface area (TPSA) is 39.2 Å². The zero-order valence-corrected chi connectivity index (χ0v) is 10.9. The van der Waals surface area contributed by atoms with Crippen LogP contribution in [0.1, 0.15) is 17.8 Å². The molecular formula is C14H13NO2S. The summed E-state index contributed by atoms with van der Waals surface area (Å²) in [6, 6.07) is 10.0. The van der Waals surface area contributed by atoms with Crippen LogP contribution in [-0.2, 0) is 14.9 Å². The van der Waals surface area contributed by atoms with Gasteiger partial charge in [0.05, 0.1) is 12.8 Å². The summed E-state index contributed by atoms with van der Waals surface area (Å²) in [5, 5.41) is 2.89. The van der Waals surface area contributed by atoms with Crippen molar-refractivity contribution in [1.82, 2.24) is 4.98 Å². The van der Waals surface area contributed by atoms with Crippen molar-refractivity contribution in [1.29, 1.82) is 0 Å². The van der Waals surface area contributed by atoms with E-state index in [1.54, 1.807) is 11.3 Å². The number of ether oxygens (including phenoxy) is 1. The second kappa shape index (κ2) is 4.21. The van der Waals surface area contributed by atoms with E-state index in [0.717, 1.165) is 29.1 Å². The number of carbonyl (C=O) groups is 1. The number of thiazole rings is 1. The average Bonchev–Trinajstić information content (AvgIpc) is 3.09. The van der Waals surface area contributed by atoms with Gasteiger partial charge in [-0.2, -0.15) is 0 Å². The first-order valence-corrected chi connectivity index (χ1v) is 6.74. The zero-order valence-electron chi connectivity index (χ0n) is 10.1. The lowest BCUT2D eigenvalue weighted by atomic mass is 10.1. The highest BCUT2D eigenvalue weighted by Gasteiger charge is 2.55. The van der Waals surface area contributed by atoms with Gasteiger partial charge in [-0.3, -0.25) is 4.79 Å². The molecule has 92 valence electrons. The fourth-order valence-electron chi connectivity index (χ4n) is 2.06. The molecule has 1 aromatic heterocycles. The summed E-state index contributed by atoms with van der Waals surface area (Å²) in [6.07, 6.45) is 1.70. The van der Waals surface area contributed by atoms with Crippen LogP contribution < -0.4 is 0 Å². The molecule has 1 saturated carbocycles. The molecule has 1 aromatic carbocycles. The van der Waals surface area contributed by atoms with E-state index in [1.165, 1.54) is 7.11 Å². The number of aromatic nitrogens is 1. The molecule has 1 heterocycles. The molecule has 0 saturated heterocycles. The van der Waals surface area contributed by atoms with Gasteiger partial charge in [0.2, 0.25) is 0 Å². The van der Waals surface area contributed by atoms with E-state index in [4.69, 9.17) is 4.74 Å². The molecule has 0 amide bonds. The Kier molecular flexibility index (Phi) is 2.67. The van der Waals surface area contributed by atoms with Gasteiger partial charge in [0, 0.05) is 10.9 Å². The summed E-state index contributed by atoms with van der Waals surface area (Å²) in [5.74, 6) is -0.156. The minimum Gasteiger partial charge on any atom is -0.468 e. The third-order valence-corrected chi connectivity index (χ3v) is 4.36. The van der Waals surface area contributed by atoms with Gasteiger partial charge < -0.3 is 4.74 Å². The zero-order chi connectivity index (χ0) is 12.6. The number of rotatable bonds is 3. The molecule has 18 heavy (non-hydrogen) atoms. The Hall–Kier alpha value is -1.68. The Morgan fingerprint density at radius 1 is 1.33 bits per heavy atom. The third kappa shape index (κ3) is 1.73. The first-order chi connectivity index (χ1) is 8.76. The normalized spacial score (nSPS) is 16.3. The summed E-state index contributed by atoms with van der Waals surface area (Å²) < 4.78 is 4.87. The van der Waals surface area contributed by atoms with Crippen molar-refractivity contribution in [3.63, 3.8) is 0 Å². The molecule has 1 fully saturated rings. The Morgan fingerprint density at radius 3 is 2.67 bits per heavy atom. The minimum absolute atomic E-state index is 0.156. The van der Waals surface area contributed by atoms with E-state index < -0.39 is 5.41 Å². The highest BCUT2D eigenvalue weighted by Crippen LogP contribution is 2.50. The van der Waals surface area contributed by atoms with Gasteiger partial charge in [-0.05, 0) is 12.8 Å². The molecule has 3 rings (SSSR count). The van der Waals surface area contributed by atoms with Crippen LogP contribution in [-0.4, -0.2) is 18.1 Å². The van der Waals surface area contributed by atoms with Gasteiger partial charge in [0.15, 0.2) is 0 Å². The Bertz CT molecular complexity index is 572. The van der Waals surface area contributed by atoms with Crippen LogP contribution >= 0.6 is 11.3 Å². The molecule has 1 aliphatic carbocycles. The van der Waals surface area contributed by atoms with Crippen LogP contribution in [0.3, 0.4) is 0 Å². The average molecular weight is 259 g/mol. The van der Waals surface area contributed by atoms with Gasteiger partial charge >= 0.3 is 5.97 Å². The molecule has 0 bridgehead atoms. The summed E-state index contributed by atoms with van der Waals surface area (Å²) >= 11 is 1.55. The summed E-state index contributed by atoms with van der Waals surface area (Å²) in [6.45, 7) is 0. The predicted molar refractivity (Wildman–Crippen MR) is 70.5 cm³/mol. The van der Waals surface area contributed by atoms with Gasteiger partial charge in [0.1, 0.15) is 10.4 Å². The SMILES string of the molecule is COC(=O)C1(c2nc(-c3ccccc3)cs2)CC1. The minimum atomic E-state index is -0.452. The third-order valence-electron chi connectivity index (χ3n) is 3.31. The monoisotopic (exact) mass is 259 g/mol. The lowest BCUT2D eigenvalue weighted by Crippen LogP contribution is -2.21. The van der Waals surface area contributed by atoms with Crippen molar-refractivity contribution in [2.45, 2.75) is 18.3 Å². The maximum Gasteiger partial charge on any atom is 0.318 e. The Balaban J connectivity index is 1.94. The van der Waals surface area contributed by atoms with Crippen LogP contribution in [0.4, 0.5) is 0 Å². The second-order valence-corrected chi connectivity index (χ2v) is 5.34. The smallest absolute Gasteiger partial charge is 0.318 e. The first-order valence-electron chi connectivity index (χ1n) is 5.86. The number of esters is 1. The molecule has 0 unspecified atom stereocenters. The van der Waals surface area contributed by atoms with E-state index in [0.29, 0.717) is 0 Å². The number of methoxy groups -OCH3 is 1. The molecule has 0 aliphatic heterocycles. The lowest BCUT2D eigenvalue weighted by molar-refractivity contribution is -0.143. The second-order valence-electron chi connectivity index (χ2n) is 4.48. The highest BCUT2D eigenvalue weighted by molar-refractivity contribution is 7.10. The first kappa shape index (κ1) is 11.4. The summed E-state index contributed by atoms with van der Waals surface area (Å²) in [5.41, 5.74) is 1.57. The molecule has 4 heteroatoms. The quantitative estimate of drug-likeness (QED) is 0.795. The molecule has 3 nitrogen and oxygen atoms in total. The van der Waals surface area contributed by atoms with Crippen LogP contribution in [0.2, 0.25) is 0 Å². The Morgan fingerprint density at radius 2 is 2.06 bits per heavy atom. The fourth-order valence-corrected chi connectivity index (χ4v) is 3.14. The summed E-state index contributed by atoms with van der Waals surface area (Å²) in [4.78, 5) is 16.4. The molecule has 0 N–H and O–H groups in total. The van der Waals surface area contributed by atoms with Crippen LogP contribution in [0.5, 0.6) is 0 Å². The van der Waals surface area contributed by atoms with Crippen molar-refractivity contribution in [2.24, 2.45) is 0 Å². The highest BCUT2D eigenvalue weighted by atomic mass is 32.1. The van der Waals surface area contributed by atoms with E-state index >= 15 is 0 Å². The van der Waals surface area contributed by atoms with Crippen molar-refractivity contribution in [3.8, 4) is 11.3 Å². The van der Waals surface area contributed by atoms with E-state index in [-0.39, 0.29) is 5.97 Å². The van der Waals surface area contributed by atoms with Crippen molar-refractivity contribution in [3.05, 3.63) is 40.7 Å². The van der Waals surface area contributed by atoms with Crippen molar-refractivity contribution in [2.75, 3.05) is 7.11 Å². The number of hydrogen-bond donors (Lipinski definition) is 0. The number of hydrogen-bond acceptors (Lipinski definition) is 4. The van der Waals surface area contributed by atoms with Gasteiger partial charge in [-0.25, -0.2) is 4.98 Å². The maximum absolute atomic E-state index is 11.8. The molecule has 1 aliphatic rings. The lowest BCUT2D eigenvalue weighted by Gasteiger charge is -2.08. The van der Waals surface area contributed by atoms with E-state index in [2.05, 4.69) is 4.98 Å². The summed E-state index contributed by atoms with van der Waals surface area (Å²) in [7, 11) is 1.44. The van der Waals surface area contributed by atoms with E-state index in [9.17, 15) is 4.79 Å². The predicted octanol–water partition coefficient (Wildman–Crippen LogP) is 3.01. The largest absolute Gasteiger partial charge is 0.468 e.